The Bertz CT molecular complexity index is 1180. The molecule has 0 saturated carbocycles. The molecule has 0 spiro atoms. The number of unbranched alkanes of at least 4 members (excludes halogenated alkanes) is 23. The zero-order valence-electron chi connectivity index (χ0n) is 40.1. The molecule has 0 saturated heterocycles. The molecule has 0 fully saturated rings. The summed E-state index contributed by atoms with van der Waals surface area (Å²) in [4.78, 5) is 22.6. The largest absolute Gasteiger partial charge is 0.472 e. The molecule has 8 nitrogen and oxygen atoms in total. The number of phosphoric acid groups is 1. The van der Waals surface area contributed by atoms with E-state index in [-0.39, 0.29) is 32.3 Å². The molecule has 360 valence electrons. The number of carbonyl (C=O) groups is 1. The Morgan fingerprint density at radius 1 is 0.500 bits per heavy atom. The molecule has 0 aromatic heterocycles. The highest BCUT2D eigenvalue weighted by Crippen LogP contribution is 2.43. The lowest BCUT2D eigenvalue weighted by molar-refractivity contribution is -0.154. The summed E-state index contributed by atoms with van der Waals surface area (Å²) >= 11 is 0. The lowest BCUT2D eigenvalue weighted by Crippen LogP contribution is -2.28. The fourth-order valence-electron chi connectivity index (χ4n) is 6.94. The maximum Gasteiger partial charge on any atom is 0.472 e. The third-order valence-electron chi connectivity index (χ3n) is 10.6. The number of allylic oxidation sites excluding steroid dienone is 12. The molecule has 9 heteroatoms. The van der Waals surface area contributed by atoms with E-state index in [1.165, 1.54) is 116 Å². The fraction of sp³-hybridized carbons (Fsp3) is 0.755. The molecule has 0 heterocycles. The van der Waals surface area contributed by atoms with Crippen LogP contribution in [-0.2, 0) is 27.9 Å². The quantitative estimate of drug-likeness (QED) is 0.0268. The van der Waals surface area contributed by atoms with E-state index in [1.54, 1.807) is 0 Å². The zero-order valence-corrected chi connectivity index (χ0v) is 41.0. The van der Waals surface area contributed by atoms with Crippen LogP contribution in [0.25, 0.3) is 0 Å². The predicted molar refractivity (Wildman–Crippen MR) is 265 cm³/mol. The van der Waals surface area contributed by atoms with Crippen LogP contribution in [0.5, 0.6) is 0 Å². The number of hydrogen-bond donors (Lipinski definition) is 2. The van der Waals surface area contributed by atoms with Gasteiger partial charge in [0, 0.05) is 19.6 Å². The minimum Gasteiger partial charge on any atom is -0.457 e. The highest BCUT2D eigenvalue weighted by atomic mass is 31.2. The maximum atomic E-state index is 12.6. The lowest BCUT2D eigenvalue weighted by Gasteiger charge is -2.20. The number of phosphoric ester groups is 1. The Hall–Kier alpha value is -2.06. The first-order valence-electron chi connectivity index (χ1n) is 25.4. The first kappa shape index (κ1) is 59.9. The van der Waals surface area contributed by atoms with Gasteiger partial charge in [-0.3, -0.25) is 13.8 Å². The van der Waals surface area contributed by atoms with Crippen molar-refractivity contribution in [2.24, 2.45) is 5.73 Å². The van der Waals surface area contributed by atoms with Gasteiger partial charge >= 0.3 is 13.8 Å². The van der Waals surface area contributed by atoms with E-state index in [0.717, 1.165) is 83.5 Å². The van der Waals surface area contributed by atoms with Gasteiger partial charge in [0.05, 0.1) is 19.8 Å². The van der Waals surface area contributed by atoms with Crippen LogP contribution in [0.1, 0.15) is 219 Å². The average molecular weight is 890 g/mol. The molecule has 0 aliphatic rings. The summed E-state index contributed by atoms with van der Waals surface area (Å²) in [5.41, 5.74) is 5.39. The topological polar surface area (TPSA) is 117 Å². The van der Waals surface area contributed by atoms with Gasteiger partial charge in [0.2, 0.25) is 0 Å². The Morgan fingerprint density at radius 2 is 0.903 bits per heavy atom. The first-order chi connectivity index (χ1) is 30.4. The van der Waals surface area contributed by atoms with Gasteiger partial charge in [0.1, 0.15) is 6.10 Å². The van der Waals surface area contributed by atoms with Gasteiger partial charge in [-0.1, -0.05) is 222 Å². The van der Waals surface area contributed by atoms with E-state index in [2.05, 4.69) is 86.8 Å². The van der Waals surface area contributed by atoms with E-state index in [9.17, 15) is 14.3 Å². The van der Waals surface area contributed by atoms with Gasteiger partial charge in [-0.2, -0.15) is 0 Å². The molecular weight excluding hydrogens is 794 g/mol. The van der Waals surface area contributed by atoms with Gasteiger partial charge in [-0.15, -0.1) is 0 Å². The normalized spacial score (nSPS) is 13.9. The molecule has 0 bridgehead atoms. The van der Waals surface area contributed by atoms with Crippen molar-refractivity contribution in [1.29, 1.82) is 0 Å². The Labute approximate surface area is 382 Å². The molecule has 0 radical (unpaired) electrons. The maximum absolute atomic E-state index is 12.6. The number of carbonyl (C=O) groups excluding carboxylic acids is 1. The van der Waals surface area contributed by atoms with E-state index in [0.29, 0.717) is 13.0 Å². The molecule has 0 aliphatic carbocycles. The number of nitrogens with two attached hydrogens (primary N) is 1. The molecule has 3 N–H and O–H groups in total. The molecule has 0 rings (SSSR count). The van der Waals surface area contributed by atoms with Gasteiger partial charge in [-0.25, -0.2) is 4.57 Å². The van der Waals surface area contributed by atoms with Crippen molar-refractivity contribution < 1.29 is 32.8 Å². The SMILES string of the molecule is CC/C=C\C/C=C\C/C=C\C/C=C\C/C=C\C/C=C\CCCCCCCCCOCC(COP(=O)(O)OCCN)OC(=O)CCCCCCCCCCCCCCCCCCC. The smallest absolute Gasteiger partial charge is 0.457 e. The van der Waals surface area contributed by atoms with Crippen molar-refractivity contribution in [3.8, 4) is 0 Å². The molecule has 0 aliphatic heterocycles. The van der Waals surface area contributed by atoms with E-state index in [1.807, 2.05) is 0 Å². The molecule has 0 aromatic carbocycles. The number of ether oxygens (including phenoxy) is 2. The summed E-state index contributed by atoms with van der Waals surface area (Å²) in [6.45, 7) is 4.80. The van der Waals surface area contributed by atoms with Crippen LogP contribution in [0.15, 0.2) is 72.9 Å². The van der Waals surface area contributed by atoms with Crippen molar-refractivity contribution in [2.75, 3.05) is 33.0 Å². The lowest BCUT2D eigenvalue weighted by atomic mass is 10.0. The van der Waals surface area contributed by atoms with E-state index in [4.69, 9.17) is 24.3 Å². The highest BCUT2D eigenvalue weighted by Gasteiger charge is 2.25. The summed E-state index contributed by atoms with van der Waals surface area (Å²) in [5, 5.41) is 0. The number of hydrogen-bond acceptors (Lipinski definition) is 7. The summed E-state index contributed by atoms with van der Waals surface area (Å²) in [6, 6.07) is 0. The fourth-order valence-corrected chi connectivity index (χ4v) is 7.71. The second kappa shape index (κ2) is 49.9. The minimum atomic E-state index is -4.29. The van der Waals surface area contributed by atoms with Crippen molar-refractivity contribution >= 4 is 13.8 Å². The second-order valence-electron chi connectivity index (χ2n) is 16.7. The third-order valence-corrected chi connectivity index (χ3v) is 11.6. The van der Waals surface area contributed by atoms with Crippen LogP contribution in [0.3, 0.4) is 0 Å². The monoisotopic (exact) mass is 890 g/mol. The Kier molecular flexibility index (Phi) is 48.3. The van der Waals surface area contributed by atoms with Crippen LogP contribution < -0.4 is 5.73 Å². The molecule has 2 unspecified atom stereocenters. The molecule has 62 heavy (non-hydrogen) atoms. The summed E-state index contributed by atoms with van der Waals surface area (Å²) < 4.78 is 33.6. The van der Waals surface area contributed by atoms with Gasteiger partial charge < -0.3 is 20.1 Å². The van der Waals surface area contributed by atoms with E-state index < -0.39 is 13.9 Å². The average Bonchev–Trinajstić information content (AvgIpc) is 3.26. The molecular formula is C53H96NO7P. The predicted octanol–water partition coefficient (Wildman–Crippen LogP) is 15.9. The number of rotatable bonds is 48. The molecule has 0 amide bonds. The van der Waals surface area contributed by atoms with Crippen molar-refractivity contribution in [3.05, 3.63) is 72.9 Å². The minimum absolute atomic E-state index is 0.0963. The molecule has 0 aromatic rings. The first-order valence-corrected chi connectivity index (χ1v) is 26.9. The van der Waals surface area contributed by atoms with Crippen LogP contribution in [0.4, 0.5) is 0 Å². The van der Waals surface area contributed by atoms with Gasteiger partial charge in [0.15, 0.2) is 0 Å². The Balaban J connectivity index is 3.98. The number of esters is 1. The van der Waals surface area contributed by atoms with Crippen molar-refractivity contribution in [2.45, 2.75) is 225 Å². The standard InChI is InChI=1S/C53H96NO7P/c1-3-5-7-9-11-13-15-17-19-21-22-23-24-25-26-27-28-29-31-33-35-37-39-41-43-45-48-58-50-52(51-60-62(56,57)59-49-47-54)61-53(55)46-44-42-40-38-36-34-32-30-20-18-16-14-12-10-8-6-4-2/h5,7,11,13,17,19,22-23,25-26,28-29,52H,3-4,6,8-10,12,14-16,18,20-21,24,27,30-51,54H2,1-2H3,(H,56,57)/b7-5-,13-11-,19-17-,23-22-,26-25-,29-28-. The summed E-state index contributed by atoms with van der Waals surface area (Å²) in [5.74, 6) is -0.334. The summed E-state index contributed by atoms with van der Waals surface area (Å²) in [7, 11) is -4.29. The van der Waals surface area contributed by atoms with Crippen molar-refractivity contribution in [1.82, 2.24) is 0 Å². The van der Waals surface area contributed by atoms with Crippen LogP contribution >= 0.6 is 7.82 Å². The second-order valence-corrected chi connectivity index (χ2v) is 18.1. The summed E-state index contributed by atoms with van der Waals surface area (Å²) in [6.07, 6.45) is 63.6. The van der Waals surface area contributed by atoms with Crippen LogP contribution in [0.2, 0.25) is 0 Å². The third kappa shape index (κ3) is 49.0. The van der Waals surface area contributed by atoms with Gasteiger partial charge in [0.25, 0.3) is 0 Å². The van der Waals surface area contributed by atoms with Crippen LogP contribution in [-0.4, -0.2) is 49.9 Å². The van der Waals surface area contributed by atoms with E-state index >= 15 is 0 Å². The molecule has 2 atom stereocenters. The van der Waals surface area contributed by atoms with Crippen molar-refractivity contribution in [3.63, 3.8) is 0 Å². The Morgan fingerprint density at radius 3 is 1.35 bits per heavy atom. The highest BCUT2D eigenvalue weighted by molar-refractivity contribution is 7.47. The zero-order chi connectivity index (χ0) is 45.1. The van der Waals surface area contributed by atoms with Gasteiger partial charge in [-0.05, 0) is 64.2 Å². The van der Waals surface area contributed by atoms with Crippen LogP contribution in [0, 0.1) is 0 Å².